The quantitative estimate of drug-likeness (QED) is 0.683. The van der Waals surface area contributed by atoms with E-state index in [-0.39, 0.29) is 0 Å². The van der Waals surface area contributed by atoms with E-state index in [2.05, 4.69) is 19.2 Å². The van der Waals surface area contributed by atoms with Crippen molar-refractivity contribution in [3.05, 3.63) is 0 Å². The molecule has 0 aliphatic carbocycles. The van der Waals surface area contributed by atoms with Gasteiger partial charge < -0.3 is 10.1 Å². The molecule has 1 aliphatic rings. The molecule has 1 fully saturated rings. The topological polar surface area (TPSA) is 21.3 Å². The van der Waals surface area contributed by atoms with E-state index in [0.29, 0.717) is 11.5 Å². The first kappa shape index (κ1) is 13.3. The number of hydrogen-bond donors (Lipinski definition) is 1. The highest BCUT2D eigenvalue weighted by Crippen LogP contribution is 2.21. The highest BCUT2D eigenvalue weighted by Gasteiger charge is 2.19. The monoisotopic (exact) mass is 233 g/mol. The Morgan fingerprint density at radius 2 is 2.27 bits per heavy atom. The molecule has 0 saturated carbocycles. The third-order valence-corrected chi connectivity index (χ3v) is 3.25. The van der Waals surface area contributed by atoms with Crippen molar-refractivity contribution in [2.45, 2.75) is 45.6 Å². The molecule has 1 unspecified atom stereocenters. The summed E-state index contributed by atoms with van der Waals surface area (Å²) in [4.78, 5) is 0. The molecule has 0 bridgehead atoms. The molecule has 3 heteroatoms. The molecule has 2 nitrogen and oxygen atoms in total. The lowest BCUT2D eigenvalue weighted by Gasteiger charge is -2.25. The normalized spacial score (nSPS) is 22.2. The van der Waals surface area contributed by atoms with Crippen molar-refractivity contribution >= 4 is 11.6 Å². The van der Waals surface area contributed by atoms with Crippen molar-refractivity contribution in [3.63, 3.8) is 0 Å². The lowest BCUT2D eigenvalue weighted by atomic mass is 9.88. The van der Waals surface area contributed by atoms with E-state index in [4.69, 9.17) is 16.3 Å². The lowest BCUT2D eigenvalue weighted by Crippen LogP contribution is -2.34. The number of nitrogens with one attached hydrogen (secondary N) is 1. The summed E-state index contributed by atoms with van der Waals surface area (Å²) >= 11 is 5.70. The van der Waals surface area contributed by atoms with E-state index in [0.717, 1.165) is 32.0 Å². The lowest BCUT2D eigenvalue weighted by molar-refractivity contribution is 0.107. The molecular weight excluding hydrogens is 210 g/mol. The second-order valence-corrected chi connectivity index (χ2v) is 5.60. The third kappa shape index (κ3) is 5.74. The Morgan fingerprint density at radius 3 is 2.87 bits per heavy atom. The Morgan fingerprint density at radius 1 is 1.47 bits per heavy atom. The Labute approximate surface area is 98.7 Å². The van der Waals surface area contributed by atoms with Crippen LogP contribution < -0.4 is 5.32 Å². The van der Waals surface area contributed by atoms with Crippen molar-refractivity contribution in [2.24, 2.45) is 5.41 Å². The van der Waals surface area contributed by atoms with Crippen molar-refractivity contribution in [1.29, 1.82) is 0 Å². The molecule has 0 aromatic rings. The zero-order chi connectivity index (χ0) is 11.1. The fraction of sp³-hybridized carbons (Fsp3) is 1.00. The SMILES string of the molecule is CC(C)(CCCCl)CNCC1CCCO1. The van der Waals surface area contributed by atoms with Gasteiger partial charge in [0.05, 0.1) is 6.10 Å². The molecule has 1 saturated heterocycles. The summed E-state index contributed by atoms with van der Waals surface area (Å²) in [6, 6.07) is 0. The molecule has 0 radical (unpaired) electrons. The minimum Gasteiger partial charge on any atom is -0.377 e. The second kappa shape index (κ2) is 6.72. The van der Waals surface area contributed by atoms with Crippen LogP contribution in [0.3, 0.4) is 0 Å². The summed E-state index contributed by atoms with van der Waals surface area (Å²) in [6.45, 7) is 7.60. The van der Waals surface area contributed by atoms with Crippen LogP contribution in [-0.2, 0) is 4.74 Å². The molecule has 15 heavy (non-hydrogen) atoms. The van der Waals surface area contributed by atoms with E-state index < -0.39 is 0 Å². The van der Waals surface area contributed by atoms with Gasteiger partial charge in [0.25, 0.3) is 0 Å². The first-order valence-corrected chi connectivity index (χ1v) is 6.56. The zero-order valence-electron chi connectivity index (χ0n) is 10.0. The number of alkyl halides is 1. The van der Waals surface area contributed by atoms with Gasteiger partial charge in [-0.3, -0.25) is 0 Å². The van der Waals surface area contributed by atoms with Crippen LogP contribution >= 0.6 is 11.6 Å². The Kier molecular flexibility index (Phi) is 5.95. The molecule has 0 aromatic carbocycles. The van der Waals surface area contributed by atoms with Gasteiger partial charge >= 0.3 is 0 Å². The number of halogens is 1. The molecule has 1 heterocycles. The molecule has 1 N–H and O–H groups in total. The Bertz CT molecular complexity index is 167. The van der Waals surface area contributed by atoms with Crippen LogP contribution in [0.5, 0.6) is 0 Å². The fourth-order valence-electron chi connectivity index (χ4n) is 2.01. The molecule has 0 spiro atoms. The molecular formula is C12H24ClNO. The Hall–Kier alpha value is 0.210. The van der Waals surface area contributed by atoms with Gasteiger partial charge in [0.15, 0.2) is 0 Å². The zero-order valence-corrected chi connectivity index (χ0v) is 10.8. The number of rotatable bonds is 7. The summed E-state index contributed by atoms with van der Waals surface area (Å²) in [5.74, 6) is 0.773. The van der Waals surface area contributed by atoms with E-state index in [9.17, 15) is 0 Å². The summed E-state index contributed by atoms with van der Waals surface area (Å²) in [7, 11) is 0. The van der Waals surface area contributed by atoms with Crippen LogP contribution in [0.1, 0.15) is 39.5 Å². The van der Waals surface area contributed by atoms with Crippen LogP contribution in [0.2, 0.25) is 0 Å². The van der Waals surface area contributed by atoms with E-state index in [1.807, 2.05) is 0 Å². The standard InChI is InChI=1S/C12H24ClNO/c1-12(2,6-4-7-13)10-14-9-11-5-3-8-15-11/h11,14H,3-10H2,1-2H3. The summed E-state index contributed by atoms with van der Waals surface area (Å²) in [6.07, 6.45) is 5.19. The van der Waals surface area contributed by atoms with Gasteiger partial charge in [0, 0.05) is 25.6 Å². The summed E-state index contributed by atoms with van der Waals surface area (Å²) in [5, 5.41) is 3.51. The number of hydrogen-bond acceptors (Lipinski definition) is 2. The first-order valence-electron chi connectivity index (χ1n) is 6.02. The highest BCUT2D eigenvalue weighted by molar-refractivity contribution is 6.17. The minimum absolute atomic E-state index is 0.355. The van der Waals surface area contributed by atoms with Gasteiger partial charge in [0.1, 0.15) is 0 Å². The molecule has 90 valence electrons. The van der Waals surface area contributed by atoms with E-state index >= 15 is 0 Å². The van der Waals surface area contributed by atoms with Crippen molar-refractivity contribution in [3.8, 4) is 0 Å². The maximum atomic E-state index is 5.70. The highest BCUT2D eigenvalue weighted by atomic mass is 35.5. The van der Waals surface area contributed by atoms with Crippen molar-refractivity contribution in [1.82, 2.24) is 5.32 Å². The van der Waals surface area contributed by atoms with E-state index in [1.165, 1.54) is 19.3 Å². The van der Waals surface area contributed by atoms with Crippen LogP contribution in [-0.4, -0.2) is 31.7 Å². The average molecular weight is 234 g/mol. The van der Waals surface area contributed by atoms with Crippen LogP contribution in [0.25, 0.3) is 0 Å². The first-order chi connectivity index (χ1) is 7.14. The molecule has 0 aromatic heterocycles. The van der Waals surface area contributed by atoms with E-state index in [1.54, 1.807) is 0 Å². The maximum Gasteiger partial charge on any atom is 0.0700 e. The van der Waals surface area contributed by atoms with Gasteiger partial charge in [0.2, 0.25) is 0 Å². The van der Waals surface area contributed by atoms with Gasteiger partial charge in [-0.15, -0.1) is 11.6 Å². The maximum absolute atomic E-state index is 5.70. The van der Waals surface area contributed by atoms with Crippen LogP contribution in [0, 0.1) is 5.41 Å². The molecule has 0 amide bonds. The molecule has 1 rings (SSSR count). The fourth-order valence-corrected chi connectivity index (χ4v) is 2.14. The predicted molar refractivity (Wildman–Crippen MR) is 65.6 cm³/mol. The summed E-state index contributed by atoms with van der Waals surface area (Å²) in [5.41, 5.74) is 0.355. The minimum atomic E-state index is 0.355. The predicted octanol–water partition coefficient (Wildman–Crippen LogP) is 2.80. The Balaban J connectivity index is 2.06. The van der Waals surface area contributed by atoms with Gasteiger partial charge in [-0.2, -0.15) is 0 Å². The van der Waals surface area contributed by atoms with Gasteiger partial charge in [-0.25, -0.2) is 0 Å². The summed E-state index contributed by atoms with van der Waals surface area (Å²) < 4.78 is 5.57. The van der Waals surface area contributed by atoms with Crippen LogP contribution in [0.4, 0.5) is 0 Å². The van der Waals surface area contributed by atoms with Gasteiger partial charge in [-0.1, -0.05) is 13.8 Å². The largest absolute Gasteiger partial charge is 0.377 e. The smallest absolute Gasteiger partial charge is 0.0700 e. The number of ether oxygens (including phenoxy) is 1. The average Bonchev–Trinajstić information content (AvgIpc) is 2.67. The third-order valence-electron chi connectivity index (χ3n) is 2.99. The van der Waals surface area contributed by atoms with Crippen molar-refractivity contribution in [2.75, 3.05) is 25.6 Å². The second-order valence-electron chi connectivity index (χ2n) is 5.22. The van der Waals surface area contributed by atoms with Crippen LogP contribution in [0.15, 0.2) is 0 Å². The molecule has 1 aliphatic heterocycles. The molecule has 1 atom stereocenters. The van der Waals surface area contributed by atoms with Gasteiger partial charge in [-0.05, 0) is 31.1 Å². The van der Waals surface area contributed by atoms with Crippen molar-refractivity contribution < 1.29 is 4.74 Å².